The lowest BCUT2D eigenvalue weighted by molar-refractivity contribution is -0.116. The molecule has 1 N–H and O–H groups in total. The third kappa shape index (κ3) is 3.76. The van der Waals surface area contributed by atoms with E-state index >= 15 is 0 Å². The maximum atomic E-state index is 12.9. The highest BCUT2D eigenvalue weighted by atomic mass is 16.4. The standard InChI is InChI=1S/C22H23N5O3/c1-3-11-26-18-6-4-5-7-19(18)27(22(26)29)12-10-20(28)24-17-13-16(9-8-15(17)2)21-25-23-14-30-21/h4-9,13-14H,3,10-12H2,1-2H3,(H,24,28). The molecular formula is C22H23N5O3. The van der Waals surface area contributed by atoms with Gasteiger partial charge in [-0.05, 0) is 43.2 Å². The van der Waals surface area contributed by atoms with E-state index in [0.29, 0.717) is 24.7 Å². The molecule has 0 fully saturated rings. The first-order valence-electron chi connectivity index (χ1n) is 9.93. The second kappa shape index (κ2) is 8.36. The van der Waals surface area contributed by atoms with E-state index in [1.807, 2.05) is 50.2 Å². The number of amides is 1. The molecule has 0 aliphatic rings. The summed E-state index contributed by atoms with van der Waals surface area (Å²) in [6, 6.07) is 13.2. The van der Waals surface area contributed by atoms with Crippen molar-refractivity contribution in [2.75, 3.05) is 5.32 Å². The van der Waals surface area contributed by atoms with Crippen LogP contribution in [0.15, 0.2) is 58.1 Å². The van der Waals surface area contributed by atoms with E-state index in [2.05, 4.69) is 15.5 Å². The molecule has 0 bridgehead atoms. The number of para-hydroxylation sites is 2. The van der Waals surface area contributed by atoms with Gasteiger partial charge in [-0.2, -0.15) is 0 Å². The van der Waals surface area contributed by atoms with Crippen LogP contribution in [0.3, 0.4) is 0 Å². The minimum absolute atomic E-state index is 0.0829. The molecule has 0 saturated heterocycles. The van der Waals surface area contributed by atoms with E-state index in [1.54, 1.807) is 15.2 Å². The van der Waals surface area contributed by atoms with Gasteiger partial charge in [-0.25, -0.2) is 4.79 Å². The zero-order valence-electron chi connectivity index (χ0n) is 17.0. The first-order chi connectivity index (χ1) is 14.6. The fourth-order valence-electron chi connectivity index (χ4n) is 3.54. The smallest absolute Gasteiger partial charge is 0.329 e. The van der Waals surface area contributed by atoms with Crippen LogP contribution in [-0.4, -0.2) is 25.2 Å². The van der Waals surface area contributed by atoms with E-state index in [1.165, 1.54) is 6.39 Å². The maximum absolute atomic E-state index is 12.9. The van der Waals surface area contributed by atoms with Gasteiger partial charge in [-0.1, -0.05) is 25.1 Å². The molecule has 30 heavy (non-hydrogen) atoms. The Morgan fingerprint density at radius 1 is 1.10 bits per heavy atom. The third-order valence-electron chi connectivity index (χ3n) is 5.05. The lowest BCUT2D eigenvalue weighted by atomic mass is 10.1. The first-order valence-corrected chi connectivity index (χ1v) is 9.93. The molecule has 0 spiro atoms. The lowest BCUT2D eigenvalue weighted by Crippen LogP contribution is -2.26. The van der Waals surface area contributed by atoms with Crippen molar-refractivity contribution >= 4 is 22.6 Å². The summed E-state index contributed by atoms with van der Waals surface area (Å²) in [5.41, 5.74) is 3.98. The summed E-state index contributed by atoms with van der Waals surface area (Å²) in [4.78, 5) is 25.5. The zero-order chi connectivity index (χ0) is 21.1. The van der Waals surface area contributed by atoms with E-state index in [0.717, 1.165) is 28.6 Å². The molecule has 4 rings (SSSR count). The van der Waals surface area contributed by atoms with Crippen molar-refractivity contribution in [1.29, 1.82) is 0 Å². The van der Waals surface area contributed by atoms with Crippen molar-refractivity contribution in [3.63, 3.8) is 0 Å². The number of anilines is 1. The molecule has 8 heteroatoms. The number of aromatic nitrogens is 4. The van der Waals surface area contributed by atoms with Gasteiger partial charge < -0.3 is 9.73 Å². The van der Waals surface area contributed by atoms with Crippen LogP contribution in [0.1, 0.15) is 25.3 Å². The number of aryl methyl sites for hydroxylation is 3. The van der Waals surface area contributed by atoms with E-state index in [4.69, 9.17) is 4.42 Å². The van der Waals surface area contributed by atoms with Crippen molar-refractivity contribution in [1.82, 2.24) is 19.3 Å². The number of fused-ring (bicyclic) bond motifs is 1. The van der Waals surface area contributed by atoms with Crippen LogP contribution in [0.25, 0.3) is 22.5 Å². The van der Waals surface area contributed by atoms with E-state index in [-0.39, 0.29) is 18.0 Å². The number of hydrogen-bond acceptors (Lipinski definition) is 5. The van der Waals surface area contributed by atoms with Gasteiger partial charge in [0, 0.05) is 30.8 Å². The molecule has 2 aromatic heterocycles. The minimum Gasteiger partial charge on any atom is -0.423 e. The molecular weight excluding hydrogens is 382 g/mol. The third-order valence-corrected chi connectivity index (χ3v) is 5.05. The van der Waals surface area contributed by atoms with Crippen LogP contribution in [0.2, 0.25) is 0 Å². The number of rotatable bonds is 7. The van der Waals surface area contributed by atoms with Crippen molar-refractivity contribution in [3.8, 4) is 11.5 Å². The normalized spacial score (nSPS) is 11.1. The number of nitrogens with zero attached hydrogens (tertiary/aromatic N) is 4. The summed E-state index contributed by atoms with van der Waals surface area (Å²) in [5, 5.41) is 10.5. The number of carbonyl (C=O) groups is 1. The van der Waals surface area contributed by atoms with Gasteiger partial charge in [-0.15, -0.1) is 10.2 Å². The monoisotopic (exact) mass is 405 g/mol. The Kier molecular flexibility index (Phi) is 5.47. The van der Waals surface area contributed by atoms with Crippen LogP contribution >= 0.6 is 0 Å². The second-order valence-electron chi connectivity index (χ2n) is 7.15. The van der Waals surface area contributed by atoms with Crippen molar-refractivity contribution in [2.45, 2.75) is 39.8 Å². The SMILES string of the molecule is CCCn1c(=O)n(CCC(=O)Nc2cc(-c3nnco3)ccc2C)c2ccccc21. The van der Waals surface area contributed by atoms with Crippen LogP contribution in [0.5, 0.6) is 0 Å². The largest absolute Gasteiger partial charge is 0.423 e. The summed E-state index contributed by atoms with van der Waals surface area (Å²) in [6.45, 7) is 4.91. The van der Waals surface area contributed by atoms with Gasteiger partial charge in [0.05, 0.1) is 11.0 Å². The molecule has 0 unspecified atom stereocenters. The first kappa shape index (κ1) is 19.6. The summed E-state index contributed by atoms with van der Waals surface area (Å²) in [6.07, 6.45) is 2.31. The molecule has 2 heterocycles. The van der Waals surface area contributed by atoms with Crippen molar-refractivity contribution < 1.29 is 9.21 Å². The topological polar surface area (TPSA) is 95.0 Å². The Bertz CT molecular complexity index is 1240. The predicted molar refractivity (Wildman–Crippen MR) is 114 cm³/mol. The lowest BCUT2D eigenvalue weighted by Gasteiger charge is -2.10. The van der Waals surface area contributed by atoms with Crippen LogP contribution in [0, 0.1) is 6.92 Å². The minimum atomic E-state index is -0.167. The van der Waals surface area contributed by atoms with E-state index in [9.17, 15) is 9.59 Å². The molecule has 0 radical (unpaired) electrons. The second-order valence-corrected chi connectivity index (χ2v) is 7.15. The molecule has 4 aromatic rings. The Labute approximate surface area is 173 Å². The van der Waals surface area contributed by atoms with Gasteiger partial charge in [0.15, 0.2) is 0 Å². The fraction of sp³-hybridized carbons (Fsp3) is 0.273. The number of imidazole rings is 1. The molecule has 2 aromatic carbocycles. The Balaban J connectivity index is 1.52. The van der Waals surface area contributed by atoms with Gasteiger partial charge >= 0.3 is 5.69 Å². The average molecular weight is 405 g/mol. The average Bonchev–Trinajstić information content (AvgIpc) is 3.37. The van der Waals surface area contributed by atoms with E-state index < -0.39 is 0 Å². The van der Waals surface area contributed by atoms with Crippen LogP contribution in [0.4, 0.5) is 5.69 Å². The van der Waals surface area contributed by atoms with Crippen LogP contribution < -0.4 is 11.0 Å². The number of hydrogen-bond donors (Lipinski definition) is 1. The zero-order valence-corrected chi connectivity index (χ0v) is 17.0. The quantitative estimate of drug-likeness (QED) is 0.507. The maximum Gasteiger partial charge on any atom is 0.329 e. The van der Waals surface area contributed by atoms with Gasteiger partial charge in [0.25, 0.3) is 0 Å². The molecule has 8 nitrogen and oxygen atoms in total. The highest BCUT2D eigenvalue weighted by Gasteiger charge is 2.14. The highest BCUT2D eigenvalue weighted by molar-refractivity contribution is 5.92. The molecule has 0 saturated carbocycles. The number of nitrogens with one attached hydrogen (secondary N) is 1. The van der Waals surface area contributed by atoms with Crippen molar-refractivity contribution in [3.05, 3.63) is 64.9 Å². The molecule has 0 aliphatic heterocycles. The van der Waals surface area contributed by atoms with Gasteiger partial charge in [-0.3, -0.25) is 13.9 Å². The Morgan fingerprint density at radius 3 is 2.50 bits per heavy atom. The summed E-state index contributed by atoms with van der Waals surface area (Å²) >= 11 is 0. The van der Waals surface area contributed by atoms with Gasteiger partial charge in [0.1, 0.15) is 0 Å². The molecule has 1 amide bonds. The summed E-state index contributed by atoms with van der Waals surface area (Å²) in [7, 11) is 0. The Morgan fingerprint density at radius 2 is 1.83 bits per heavy atom. The van der Waals surface area contributed by atoms with Crippen molar-refractivity contribution in [2.24, 2.45) is 0 Å². The Hall–Kier alpha value is -3.68. The molecule has 0 aliphatic carbocycles. The predicted octanol–water partition coefficient (Wildman–Crippen LogP) is 3.60. The van der Waals surface area contributed by atoms with Crippen LogP contribution in [-0.2, 0) is 17.9 Å². The fourth-order valence-corrected chi connectivity index (χ4v) is 3.54. The molecule has 0 atom stereocenters. The number of benzene rings is 2. The number of carbonyl (C=O) groups excluding carboxylic acids is 1. The summed E-state index contributed by atoms with van der Waals surface area (Å²) < 4.78 is 8.67. The van der Waals surface area contributed by atoms with Gasteiger partial charge in [0.2, 0.25) is 18.2 Å². The summed E-state index contributed by atoms with van der Waals surface area (Å²) in [5.74, 6) is 0.223. The highest BCUT2D eigenvalue weighted by Crippen LogP contribution is 2.24. The molecule has 154 valence electrons.